The van der Waals surface area contributed by atoms with Gasteiger partial charge in [0.15, 0.2) is 0 Å². The van der Waals surface area contributed by atoms with Crippen LogP contribution < -0.4 is 5.73 Å². The van der Waals surface area contributed by atoms with Gasteiger partial charge in [-0.15, -0.1) is 0 Å². The Morgan fingerprint density at radius 3 is 2.47 bits per heavy atom. The summed E-state index contributed by atoms with van der Waals surface area (Å²) in [6.07, 6.45) is 4.86. The highest BCUT2D eigenvalue weighted by Crippen LogP contribution is 2.35. The van der Waals surface area contributed by atoms with Crippen LogP contribution in [-0.2, 0) is 4.79 Å². The van der Waals surface area contributed by atoms with Crippen molar-refractivity contribution < 1.29 is 4.79 Å². The molecule has 1 aliphatic heterocycles. The second-order valence-electron chi connectivity index (χ2n) is 5.51. The van der Waals surface area contributed by atoms with Gasteiger partial charge < -0.3 is 10.6 Å². The first-order chi connectivity index (χ1) is 8.15. The van der Waals surface area contributed by atoms with E-state index in [0.29, 0.717) is 12.6 Å². The lowest BCUT2D eigenvalue weighted by atomic mass is 10.1. The van der Waals surface area contributed by atoms with Crippen LogP contribution in [0.25, 0.3) is 0 Å². The van der Waals surface area contributed by atoms with Gasteiger partial charge in [-0.25, -0.2) is 0 Å². The van der Waals surface area contributed by atoms with E-state index in [4.69, 9.17) is 5.73 Å². The number of likely N-dealkylation sites (N-methyl/N-ethyl adjacent to an activating group) is 1. The van der Waals surface area contributed by atoms with Crippen LogP contribution >= 0.6 is 0 Å². The third-order valence-electron chi connectivity index (χ3n) is 4.32. The lowest BCUT2D eigenvalue weighted by Gasteiger charge is -2.33. The number of likely N-dealkylation sites (tertiary alicyclic amines) is 1. The van der Waals surface area contributed by atoms with Crippen molar-refractivity contribution >= 4 is 5.91 Å². The van der Waals surface area contributed by atoms with E-state index in [1.165, 1.54) is 12.8 Å². The number of nitrogens with zero attached hydrogens (tertiary/aromatic N) is 2. The molecule has 0 radical (unpaired) electrons. The van der Waals surface area contributed by atoms with Gasteiger partial charge in [-0.05, 0) is 45.6 Å². The number of carbonyl (C=O) groups excluding carboxylic acids is 1. The molecule has 2 atom stereocenters. The Bertz CT molecular complexity index is 272. The molecule has 1 aliphatic carbocycles. The van der Waals surface area contributed by atoms with Gasteiger partial charge in [0.1, 0.15) is 0 Å². The molecule has 98 valence electrons. The maximum Gasteiger partial charge on any atom is 0.239 e. The molecule has 0 aromatic carbocycles. The van der Waals surface area contributed by atoms with Crippen LogP contribution in [0, 0.1) is 5.92 Å². The average molecular weight is 239 g/mol. The van der Waals surface area contributed by atoms with Crippen molar-refractivity contribution in [3.63, 3.8) is 0 Å². The first-order valence-electron chi connectivity index (χ1n) is 6.86. The summed E-state index contributed by atoms with van der Waals surface area (Å²) < 4.78 is 0. The Hall–Kier alpha value is -0.610. The second-order valence-corrected chi connectivity index (χ2v) is 5.51. The lowest BCUT2D eigenvalue weighted by Crippen LogP contribution is -2.51. The minimum atomic E-state index is -0.0257. The predicted molar refractivity (Wildman–Crippen MR) is 68.6 cm³/mol. The summed E-state index contributed by atoms with van der Waals surface area (Å²) >= 11 is 0. The molecule has 1 saturated heterocycles. The van der Waals surface area contributed by atoms with Crippen LogP contribution in [0.3, 0.4) is 0 Å². The Balaban J connectivity index is 1.92. The molecule has 4 nitrogen and oxygen atoms in total. The van der Waals surface area contributed by atoms with Crippen molar-refractivity contribution in [3.8, 4) is 0 Å². The van der Waals surface area contributed by atoms with Crippen LogP contribution in [0.2, 0.25) is 0 Å². The highest BCUT2D eigenvalue weighted by molar-refractivity contribution is 5.81. The number of hydrogen-bond donors (Lipinski definition) is 1. The van der Waals surface area contributed by atoms with Crippen molar-refractivity contribution in [3.05, 3.63) is 0 Å². The summed E-state index contributed by atoms with van der Waals surface area (Å²) in [6.45, 7) is 4.56. The second kappa shape index (κ2) is 5.36. The minimum absolute atomic E-state index is 0.0257. The smallest absolute Gasteiger partial charge is 0.239 e. The van der Waals surface area contributed by atoms with Crippen molar-refractivity contribution in [2.45, 2.75) is 44.7 Å². The normalized spacial score (nSPS) is 24.1. The van der Waals surface area contributed by atoms with Gasteiger partial charge in [-0.3, -0.25) is 9.69 Å². The summed E-state index contributed by atoms with van der Waals surface area (Å²) in [5.74, 6) is 1.00. The van der Waals surface area contributed by atoms with E-state index in [-0.39, 0.29) is 11.9 Å². The molecule has 2 aliphatic rings. The molecule has 17 heavy (non-hydrogen) atoms. The van der Waals surface area contributed by atoms with Crippen LogP contribution in [0.15, 0.2) is 0 Å². The molecule has 0 spiro atoms. The van der Waals surface area contributed by atoms with Crippen LogP contribution in [-0.4, -0.2) is 54.5 Å². The maximum atomic E-state index is 12.3. The molecule has 1 saturated carbocycles. The van der Waals surface area contributed by atoms with Crippen LogP contribution in [0.4, 0.5) is 0 Å². The Morgan fingerprint density at radius 2 is 2.00 bits per heavy atom. The van der Waals surface area contributed by atoms with Gasteiger partial charge in [0.25, 0.3) is 0 Å². The third kappa shape index (κ3) is 2.80. The zero-order valence-electron chi connectivity index (χ0n) is 11.1. The van der Waals surface area contributed by atoms with Crippen LogP contribution in [0.1, 0.15) is 32.6 Å². The summed E-state index contributed by atoms with van der Waals surface area (Å²) in [6, 6.07) is 0.360. The standard InChI is InChI=1S/C13H25N3O/c1-10(13(17)16-7-3-4-8-16)15(2)12(9-14)11-5-6-11/h10-12H,3-9,14H2,1-2H3. The summed E-state index contributed by atoms with van der Waals surface area (Å²) in [7, 11) is 2.05. The fourth-order valence-electron chi connectivity index (χ4n) is 2.84. The molecule has 2 N–H and O–H groups in total. The molecule has 4 heteroatoms. The molecular weight excluding hydrogens is 214 g/mol. The highest BCUT2D eigenvalue weighted by Gasteiger charge is 2.37. The largest absolute Gasteiger partial charge is 0.341 e. The Morgan fingerprint density at radius 1 is 1.41 bits per heavy atom. The number of hydrogen-bond acceptors (Lipinski definition) is 3. The first-order valence-corrected chi connectivity index (χ1v) is 6.86. The Labute approximate surface area is 104 Å². The van der Waals surface area contributed by atoms with E-state index in [1.807, 2.05) is 11.8 Å². The van der Waals surface area contributed by atoms with Gasteiger partial charge in [-0.2, -0.15) is 0 Å². The fourth-order valence-corrected chi connectivity index (χ4v) is 2.84. The van der Waals surface area contributed by atoms with Gasteiger partial charge in [-0.1, -0.05) is 0 Å². The van der Waals surface area contributed by atoms with Crippen molar-refractivity contribution in [1.82, 2.24) is 9.80 Å². The number of amides is 1. The zero-order valence-corrected chi connectivity index (χ0v) is 11.1. The summed E-state index contributed by atoms with van der Waals surface area (Å²) in [5.41, 5.74) is 5.84. The van der Waals surface area contributed by atoms with Crippen molar-refractivity contribution in [1.29, 1.82) is 0 Å². The van der Waals surface area contributed by atoms with E-state index >= 15 is 0 Å². The van der Waals surface area contributed by atoms with Crippen molar-refractivity contribution in [2.24, 2.45) is 11.7 Å². The lowest BCUT2D eigenvalue weighted by molar-refractivity contribution is -0.135. The van der Waals surface area contributed by atoms with Gasteiger partial charge >= 0.3 is 0 Å². The molecule has 0 aromatic heterocycles. The molecule has 2 fully saturated rings. The molecule has 1 amide bonds. The summed E-state index contributed by atoms with van der Waals surface area (Å²) in [4.78, 5) is 16.5. The topological polar surface area (TPSA) is 49.6 Å². The highest BCUT2D eigenvalue weighted by atomic mass is 16.2. The van der Waals surface area contributed by atoms with E-state index in [1.54, 1.807) is 0 Å². The van der Waals surface area contributed by atoms with E-state index < -0.39 is 0 Å². The summed E-state index contributed by atoms with van der Waals surface area (Å²) in [5, 5.41) is 0. The van der Waals surface area contributed by atoms with Crippen LogP contribution in [0.5, 0.6) is 0 Å². The quantitative estimate of drug-likeness (QED) is 0.767. The molecule has 1 heterocycles. The first kappa shape index (κ1) is 12.8. The molecule has 2 unspecified atom stereocenters. The van der Waals surface area contributed by atoms with Gasteiger partial charge in [0, 0.05) is 25.7 Å². The molecular formula is C13H25N3O. The zero-order chi connectivity index (χ0) is 12.4. The van der Waals surface area contributed by atoms with E-state index in [0.717, 1.165) is 31.8 Å². The maximum absolute atomic E-state index is 12.3. The predicted octanol–water partition coefficient (Wildman–Crippen LogP) is 0.666. The number of nitrogens with two attached hydrogens (primary N) is 1. The number of carbonyl (C=O) groups is 1. The molecule has 2 rings (SSSR count). The molecule has 0 bridgehead atoms. The van der Waals surface area contributed by atoms with E-state index in [2.05, 4.69) is 11.9 Å². The van der Waals surface area contributed by atoms with Gasteiger partial charge in [0.05, 0.1) is 6.04 Å². The van der Waals surface area contributed by atoms with E-state index in [9.17, 15) is 4.79 Å². The SMILES string of the molecule is CC(C(=O)N1CCCC1)N(C)C(CN)C1CC1. The average Bonchev–Trinajstić information content (AvgIpc) is 3.01. The third-order valence-corrected chi connectivity index (χ3v) is 4.32. The fraction of sp³-hybridized carbons (Fsp3) is 0.923. The van der Waals surface area contributed by atoms with Crippen molar-refractivity contribution in [2.75, 3.05) is 26.7 Å². The number of rotatable bonds is 5. The molecule has 0 aromatic rings. The van der Waals surface area contributed by atoms with Gasteiger partial charge in [0.2, 0.25) is 5.91 Å². The monoisotopic (exact) mass is 239 g/mol. The Kier molecular flexibility index (Phi) is 4.05. The minimum Gasteiger partial charge on any atom is -0.341 e.